The van der Waals surface area contributed by atoms with Gasteiger partial charge in [-0.2, -0.15) is 0 Å². The molecule has 0 radical (unpaired) electrons. The van der Waals surface area contributed by atoms with Crippen LogP contribution in [0.25, 0.3) is 0 Å². The Kier molecular flexibility index (Phi) is 7.25. The number of nitrogens with zero attached hydrogens (tertiary/aromatic N) is 2. The summed E-state index contributed by atoms with van der Waals surface area (Å²) in [6.45, 7) is 13.5. The highest BCUT2D eigenvalue weighted by Gasteiger charge is 2.25. The quantitative estimate of drug-likeness (QED) is 0.712. The molecule has 1 aromatic rings. The summed E-state index contributed by atoms with van der Waals surface area (Å²) in [4.78, 5) is 28.4. The maximum absolute atomic E-state index is 12.3. The van der Waals surface area contributed by atoms with Crippen LogP contribution < -0.4 is 4.74 Å². The molecule has 6 nitrogen and oxygen atoms in total. The molecular weight excluding hydrogens is 344 g/mol. The van der Waals surface area contributed by atoms with E-state index in [1.165, 1.54) is 0 Å². The first-order valence-electron chi connectivity index (χ1n) is 9.63. The van der Waals surface area contributed by atoms with E-state index in [-0.39, 0.29) is 17.8 Å². The average Bonchev–Trinajstić information content (AvgIpc) is 2.60. The normalized spacial score (nSPS) is 15.7. The van der Waals surface area contributed by atoms with E-state index in [2.05, 4.69) is 4.90 Å². The molecule has 1 aliphatic heterocycles. The number of ether oxygens (including phenoxy) is 2. The van der Waals surface area contributed by atoms with Crippen LogP contribution >= 0.6 is 0 Å². The van der Waals surface area contributed by atoms with Gasteiger partial charge in [0.2, 0.25) is 0 Å². The predicted molar refractivity (Wildman–Crippen MR) is 105 cm³/mol. The van der Waals surface area contributed by atoms with Crippen molar-refractivity contribution in [3.63, 3.8) is 0 Å². The first kappa shape index (κ1) is 21.2. The van der Waals surface area contributed by atoms with Gasteiger partial charge in [0.1, 0.15) is 18.0 Å². The molecule has 0 aliphatic carbocycles. The van der Waals surface area contributed by atoms with Gasteiger partial charge in [0.05, 0.1) is 5.56 Å². The number of hydrogen-bond donors (Lipinski definition) is 0. The monoisotopic (exact) mass is 376 g/mol. The topological polar surface area (TPSA) is 59.1 Å². The third kappa shape index (κ3) is 6.54. The third-order valence-corrected chi connectivity index (χ3v) is 4.37. The van der Waals surface area contributed by atoms with Crippen LogP contribution in [0.4, 0.5) is 4.79 Å². The maximum atomic E-state index is 12.3. The number of carbonyl (C=O) groups excluding carboxylic acids is 2. The highest BCUT2D eigenvalue weighted by Crippen LogP contribution is 2.21. The third-order valence-electron chi connectivity index (χ3n) is 4.37. The molecular formula is C21H32N2O4. The minimum Gasteiger partial charge on any atom is -0.491 e. The Morgan fingerprint density at radius 2 is 1.70 bits per heavy atom. The lowest BCUT2D eigenvalue weighted by Crippen LogP contribution is -2.50. The van der Waals surface area contributed by atoms with Crippen molar-refractivity contribution >= 4 is 11.9 Å². The van der Waals surface area contributed by atoms with Gasteiger partial charge in [-0.25, -0.2) is 4.79 Å². The number of ketones is 1. The molecule has 0 unspecified atom stereocenters. The van der Waals surface area contributed by atoms with Crippen LogP contribution in [0.15, 0.2) is 24.3 Å². The van der Waals surface area contributed by atoms with Crippen molar-refractivity contribution in [2.45, 2.75) is 40.2 Å². The lowest BCUT2D eigenvalue weighted by Gasteiger charge is -2.35. The zero-order valence-electron chi connectivity index (χ0n) is 17.2. The number of rotatable bonds is 6. The summed E-state index contributed by atoms with van der Waals surface area (Å²) in [5.41, 5.74) is 0.172. The fraction of sp³-hybridized carbons (Fsp3) is 0.619. The lowest BCUT2D eigenvalue weighted by molar-refractivity contribution is 0.0137. The summed E-state index contributed by atoms with van der Waals surface area (Å²) in [7, 11) is 0. The van der Waals surface area contributed by atoms with Crippen LogP contribution in [-0.4, -0.2) is 66.6 Å². The lowest BCUT2D eigenvalue weighted by atomic mass is 10.0. The molecule has 0 aromatic heterocycles. The number of amides is 1. The van der Waals surface area contributed by atoms with Gasteiger partial charge in [0.15, 0.2) is 5.78 Å². The van der Waals surface area contributed by atoms with E-state index in [0.29, 0.717) is 31.0 Å². The van der Waals surface area contributed by atoms with Gasteiger partial charge in [-0.3, -0.25) is 9.69 Å². The zero-order valence-corrected chi connectivity index (χ0v) is 17.2. The Morgan fingerprint density at radius 1 is 1.07 bits per heavy atom. The molecule has 6 heteroatoms. The van der Waals surface area contributed by atoms with Gasteiger partial charge in [-0.15, -0.1) is 0 Å². The highest BCUT2D eigenvalue weighted by atomic mass is 16.6. The maximum Gasteiger partial charge on any atom is 0.410 e. The van der Waals surface area contributed by atoms with Crippen LogP contribution in [0.2, 0.25) is 0 Å². The van der Waals surface area contributed by atoms with Gasteiger partial charge in [-0.05, 0) is 32.9 Å². The van der Waals surface area contributed by atoms with E-state index < -0.39 is 5.60 Å². The van der Waals surface area contributed by atoms with Crippen molar-refractivity contribution in [2.24, 2.45) is 5.92 Å². The highest BCUT2D eigenvalue weighted by molar-refractivity contribution is 5.99. The molecule has 1 aromatic carbocycles. The molecule has 1 amide bonds. The van der Waals surface area contributed by atoms with E-state index in [4.69, 9.17) is 9.47 Å². The molecule has 0 bridgehead atoms. The first-order chi connectivity index (χ1) is 12.7. The van der Waals surface area contributed by atoms with Gasteiger partial charge in [0.25, 0.3) is 0 Å². The molecule has 0 atom stereocenters. The average molecular weight is 376 g/mol. The first-order valence-corrected chi connectivity index (χ1v) is 9.63. The van der Waals surface area contributed by atoms with Gasteiger partial charge >= 0.3 is 6.09 Å². The standard InChI is InChI=1S/C21H32N2O4/c1-16(2)19(24)17-8-6-7-9-18(17)26-15-14-22-10-12-23(13-11-22)20(25)27-21(3,4)5/h6-9,16H,10-15H2,1-5H3. The Labute approximate surface area is 162 Å². The second-order valence-corrected chi connectivity index (χ2v) is 8.17. The Hall–Kier alpha value is -2.08. The van der Waals surface area contributed by atoms with Gasteiger partial charge in [-0.1, -0.05) is 26.0 Å². The molecule has 0 spiro atoms. The van der Waals surface area contributed by atoms with Crippen LogP contribution in [0.5, 0.6) is 5.75 Å². The summed E-state index contributed by atoms with van der Waals surface area (Å²) in [6.07, 6.45) is -0.250. The van der Waals surface area contributed by atoms with Crippen molar-refractivity contribution in [2.75, 3.05) is 39.3 Å². The molecule has 1 fully saturated rings. The minimum atomic E-state index is -0.469. The molecule has 0 N–H and O–H groups in total. The number of Topliss-reactive ketones (excluding diaryl/α,β-unsaturated/α-hetero) is 1. The van der Waals surface area contributed by atoms with Crippen molar-refractivity contribution in [1.82, 2.24) is 9.80 Å². The molecule has 27 heavy (non-hydrogen) atoms. The van der Waals surface area contributed by atoms with Crippen LogP contribution in [0.3, 0.4) is 0 Å². The fourth-order valence-electron chi connectivity index (χ4n) is 2.87. The van der Waals surface area contributed by atoms with Crippen LogP contribution in [0, 0.1) is 5.92 Å². The molecule has 1 heterocycles. The molecule has 1 aliphatic rings. The summed E-state index contributed by atoms with van der Waals surface area (Å²) in [6, 6.07) is 7.40. The fourth-order valence-corrected chi connectivity index (χ4v) is 2.87. The van der Waals surface area contributed by atoms with E-state index in [9.17, 15) is 9.59 Å². The SMILES string of the molecule is CC(C)C(=O)c1ccccc1OCCN1CCN(C(=O)OC(C)(C)C)CC1. The molecule has 2 rings (SSSR count). The minimum absolute atomic E-state index is 0.0596. The smallest absolute Gasteiger partial charge is 0.410 e. The second kappa shape index (κ2) is 9.22. The van der Waals surface area contributed by atoms with Crippen molar-refractivity contribution in [3.8, 4) is 5.75 Å². The van der Waals surface area contributed by atoms with Crippen molar-refractivity contribution in [1.29, 1.82) is 0 Å². The van der Waals surface area contributed by atoms with Crippen LogP contribution in [-0.2, 0) is 4.74 Å². The van der Waals surface area contributed by atoms with E-state index in [1.807, 2.05) is 58.9 Å². The van der Waals surface area contributed by atoms with Crippen molar-refractivity contribution < 1.29 is 19.1 Å². The van der Waals surface area contributed by atoms with E-state index in [0.717, 1.165) is 19.6 Å². The van der Waals surface area contributed by atoms with Gasteiger partial charge in [0, 0.05) is 38.6 Å². The number of piperazine rings is 1. The van der Waals surface area contributed by atoms with Crippen molar-refractivity contribution in [3.05, 3.63) is 29.8 Å². The summed E-state index contributed by atoms with van der Waals surface area (Å²) < 4.78 is 11.3. The van der Waals surface area contributed by atoms with E-state index >= 15 is 0 Å². The van der Waals surface area contributed by atoms with Gasteiger partial charge < -0.3 is 14.4 Å². The number of para-hydroxylation sites is 1. The number of carbonyl (C=O) groups is 2. The largest absolute Gasteiger partial charge is 0.491 e. The summed E-state index contributed by atoms with van der Waals surface area (Å²) in [5.74, 6) is 0.677. The Bertz CT molecular complexity index is 644. The molecule has 1 saturated heterocycles. The van der Waals surface area contributed by atoms with Crippen LogP contribution in [0.1, 0.15) is 45.0 Å². The summed E-state index contributed by atoms with van der Waals surface area (Å²) in [5, 5.41) is 0. The molecule has 150 valence electrons. The van der Waals surface area contributed by atoms with E-state index in [1.54, 1.807) is 4.90 Å². The zero-order chi connectivity index (χ0) is 20.0. The number of benzene rings is 1. The second-order valence-electron chi connectivity index (χ2n) is 8.17. The Balaban J connectivity index is 1.78. The molecule has 0 saturated carbocycles. The Morgan fingerprint density at radius 3 is 2.30 bits per heavy atom. The summed E-state index contributed by atoms with van der Waals surface area (Å²) >= 11 is 0. The predicted octanol–water partition coefficient (Wildman–Crippen LogP) is 3.46. The number of hydrogen-bond acceptors (Lipinski definition) is 5.